The summed E-state index contributed by atoms with van der Waals surface area (Å²) >= 11 is 0. The molecule has 0 saturated heterocycles. The van der Waals surface area contributed by atoms with Gasteiger partial charge in [-0.25, -0.2) is 9.18 Å². The van der Waals surface area contributed by atoms with Gasteiger partial charge >= 0.3 is 6.03 Å². The van der Waals surface area contributed by atoms with Crippen LogP contribution in [0.4, 0.5) is 9.18 Å². The van der Waals surface area contributed by atoms with Crippen LogP contribution in [0.5, 0.6) is 5.75 Å². The van der Waals surface area contributed by atoms with Gasteiger partial charge in [-0.2, -0.15) is 4.98 Å². The maximum Gasteiger partial charge on any atom is 0.322 e. The Morgan fingerprint density at radius 2 is 1.91 bits per heavy atom. The summed E-state index contributed by atoms with van der Waals surface area (Å²) in [5, 5.41) is 7.20. The Balaban J connectivity index is 1.77. The van der Waals surface area contributed by atoms with Crippen molar-refractivity contribution in [2.45, 2.75) is 40.2 Å². The zero-order valence-electron chi connectivity index (χ0n) is 20.1. The number of benzene rings is 2. The fourth-order valence-electron chi connectivity index (χ4n) is 3.98. The van der Waals surface area contributed by atoms with Crippen LogP contribution < -0.4 is 10.1 Å². The summed E-state index contributed by atoms with van der Waals surface area (Å²) in [5.41, 5.74) is 3.97. The average Bonchev–Trinajstić information content (AvgIpc) is 3.28. The van der Waals surface area contributed by atoms with Crippen molar-refractivity contribution in [3.05, 3.63) is 71.0 Å². The number of amides is 2. The molecule has 0 saturated carbocycles. The number of urea groups is 1. The molecule has 0 aliphatic carbocycles. The van der Waals surface area contributed by atoms with Gasteiger partial charge < -0.3 is 14.6 Å². The zero-order chi connectivity index (χ0) is 24.4. The highest BCUT2D eigenvalue weighted by atomic mass is 19.1. The molecule has 3 aromatic rings. The van der Waals surface area contributed by atoms with Crippen LogP contribution in [-0.2, 0) is 0 Å². The van der Waals surface area contributed by atoms with Crippen LogP contribution in [-0.4, -0.2) is 34.7 Å². The summed E-state index contributed by atoms with van der Waals surface area (Å²) < 4.78 is 24.9. The second-order valence-corrected chi connectivity index (χ2v) is 8.90. The van der Waals surface area contributed by atoms with Gasteiger partial charge in [0, 0.05) is 17.8 Å². The van der Waals surface area contributed by atoms with Crippen LogP contribution in [0, 0.1) is 18.7 Å². The maximum absolute atomic E-state index is 14.2. The lowest BCUT2D eigenvalue weighted by Gasteiger charge is -2.35. The van der Waals surface area contributed by atoms with E-state index in [2.05, 4.69) is 29.3 Å². The average molecular weight is 465 g/mol. The Bertz CT molecular complexity index is 1220. The summed E-state index contributed by atoms with van der Waals surface area (Å²) in [7, 11) is 1.41. The van der Waals surface area contributed by atoms with Crippen LogP contribution in [0.2, 0.25) is 0 Å². The van der Waals surface area contributed by atoms with E-state index in [-0.39, 0.29) is 23.5 Å². The standard InChI is InChI=1S/C26H29FN4O3/c1-15(2)12-13-31-17(4)22(23(28-26(31)32)18-8-6-16(3)7-9-18)25-29-24(30-34-25)19-10-11-21(33-5)20(27)14-19/h6-11,14-15,23H,12-13H2,1-5H3,(H,28,32). The molecule has 2 heterocycles. The lowest BCUT2D eigenvalue weighted by atomic mass is 9.94. The number of nitrogens with zero attached hydrogens (tertiary/aromatic N) is 3. The van der Waals surface area contributed by atoms with E-state index in [1.54, 1.807) is 11.0 Å². The zero-order valence-corrected chi connectivity index (χ0v) is 20.1. The molecular formula is C26H29FN4O3. The molecule has 1 N–H and O–H groups in total. The number of ether oxygens (including phenoxy) is 1. The molecule has 7 nitrogen and oxygen atoms in total. The highest BCUT2D eigenvalue weighted by Crippen LogP contribution is 2.37. The Hall–Kier alpha value is -3.68. The first-order valence-electron chi connectivity index (χ1n) is 11.3. The quantitative estimate of drug-likeness (QED) is 0.483. The number of methoxy groups -OCH3 is 1. The van der Waals surface area contributed by atoms with Crippen molar-refractivity contribution in [1.82, 2.24) is 20.4 Å². The maximum atomic E-state index is 14.2. The second kappa shape index (κ2) is 9.67. The molecule has 0 bridgehead atoms. The molecule has 0 fully saturated rings. The van der Waals surface area contributed by atoms with E-state index in [0.29, 0.717) is 18.0 Å². The lowest BCUT2D eigenvalue weighted by Crippen LogP contribution is -2.46. The SMILES string of the molecule is COc1ccc(-c2noc(C3=C(C)N(CCC(C)C)C(=O)NC3c3ccc(C)cc3)n2)cc1F. The summed E-state index contributed by atoms with van der Waals surface area (Å²) in [4.78, 5) is 19.3. The highest BCUT2D eigenvalue weighted by molar-refractivity contribution is 5.86. The number of rotatable bonds is 7. The normalized spacial score (nSPS) is 16.3. The van der Waals surface area contributed by atoms with Crippen molar-refractivity contribution >= 4 is 11.6 Å². The molecule has 0 spiro atoms. The van der Waals surface area contributed by atoms with E-state index in [1.165, 1.54) is 19.2 Å². The summed E-state index contributed by atoms with van der Waals surface area (Å²) in [6, 6.07) is 11.8. The molecule has 1 aliphatic rings. The fraction of sp³-hybridized carbons (Fsp3) is 0.346. The van der Waals surface area contributed by atoms with Gasteiger partial charge in [0.2, 0.25) is 5.82 Å². The molecule has 1 aromatic heterocycles. The second-order valence-electron chi connectivity index (χ2n) is 8.90. The monoisotopic (exact) mass is 464 g/mol. The third kappa shape index (κ3) is 4.66. The van der Waals surface area contributed by atoms with Gasteiger partial charge in [-0.15, -0.1) is 0 Å². The van der Waals surface area contributed by atoms with E-state index in [1.807, 2.05) is 38.1 Å². The molecule has 1 unspecified atom stereocenters. The van der Waals surface area contributed by atoms with E-state index < -0.39 is 11.9 Å². The number of aryl methyl sites for hydroxylation is 1. The minimum absolute atomic E-state index is 0.140. The van der Waals surface area contributed by atoms with E-state index in [9.17, 15) is 9.18 Å². The van der Waals surface area contributed by atoms with Crippen molar-refractivity contribution in [3.63, 3.8) is 0 Å². The first-order valence-corrected chi connectivity index (χ1v) is 11.3. The number of halogens is 1. The third-order valence-corrected chi connectivity index (χ3v) is 6.00. The Morgan fingerprint density at radius 1 is 1.18 bits per heavy atom. The molecule has 178 valence electrons. The van der Waals surface area contributed by atoms with Crippen LogP contribution >= 0.6 is 0 Å². The first-order chi connectivity index (χ1) is 16.3. The number of carbonyl (C=O) groups is 1. The number of carbonyl (C=O) groups excluding carboxylic acids is 1. The lowest BCUT2D eigenvalue weighted by molar-refractivity contribution is 0.202. The molecular weight excluding hydrogens is 435 g/mol. The number of nitrogens with one attached hydrogen (secondary N) is 1. The third-order valence-electron chi connectivity index (χ3n) is 6.00. The van der Waals surface area contributed by atoms with Crippen molar-refractivity contribution in [2.24, 2.45) is 5.92 Å². The predicted molar refractivity (Wildman–Crippen MR) is 127 cm³/mol. The minimum atomic E-state index is -0.510. The van der Waals surface area contributed by atoms with Gasteiger partial charge in [0.1, 0.15) is 0 Å². The van der Waals surface area contributed by atoms with Gasteiger partial charge in [0.05, 0.1) is 18.7 Å². The fourth-order valence-corrected chi connectivity index (χ4v) is 3.98. The molecule has 2 amide bonds. The molecule has 1 atom stereocenters. The Labute approximate surface area is 198 Å². The number of allylic oxidation sites excluding steroid dienone is 1. The molecule has 8 heteroatoms. The Kier molecular flexibility index (Phi) is 6.68. The topological polar surface area (TPSA) is 80.5 Å². The number of aromatic nitrogens is 2. The van der Waals surface area contributed by atoms with E-state index >= 15 is 0 Å². The molecule has 2 aromatic carbocycles. The molecule has 0 radical (unpaired) electrons. The minimum Gasteiger partial charge on any atom is -0.494 e. The van der Waals surface area contributed by atoms with Gasteiger partial charge in [-0.1, -0.05) is 48.8 Å². The van der Waals surface area contributed by atoms with Gasteiger partial charge in [0.25, 0.3) is 5.89 Å². The van der Waals surface area contributed by atoms with Crippen molar-refractivity contribution < 1.29 is 18.4 Å². The summed E-state index contributed by atoms with van der Waals surface area (Å²) in [6.07, 6.45) is 0.855. The first kappa shape index (κ1) is 23.5. The van der Waals surface area contributed by atoms with Crippen LogP contribution in [0.1, 0.15) is 50.3 Å². The van der Waals surface area contributed by atoms with Gasteiger partial charge in [-0.3, -0.25) is 4.90 Å². The largest absolute Gasteiger partial charge is 0.494 e. The Morgan fingerprint density at radius 3 is 2.56 bits per heavy atom. The van der Waals surface area contributed by atoms with Gasteiger partial charge in [0.15, 0.2) is 11.6 Å². The van der Waals surface area contributed by atoms with E-state index in [4.69, 9.17) is 9.26 Å². The molecule has 34 heavy (non-hydrogen) atoms. The van der Waals surface area contributed by atoms with Gasteiger partial charge in [-0.05, 0) is 49.9 Å². The number of hydrogen-bond acceptors (Lipinski definition) is 5. The predicted octanol–water partition coefficient (Wildman–Crippen LogP) is 5.74. The summed E-state index contributed by atoms with van der Waals surface area (Å²) in [6.45, 7) is 8.72. The molecule has 1 aliphatic heterocycles. The molecule has 4 rings (SSSR count). The summed E-state index contributed by atoms with van der Waals surface area (Å²) in [5.74, 6) is 0.609. The van der Waals surface area contributed by atoms with Crippen molar-refractivity contribution in [3.8, 4) is 17.1 Å². The van der Waals surface area contributed by atoms with E-state index in [0.717, 1.165) is 28.8 Å². The van der Waals surface area contributed by atoms with Crippen molar-refractivity contribution in [1.29, 1.82) is 0 Å². The van der Waals surface area contributed by atoms with Crippen LogP contribution in [0.15, 0.2) is 52.7 Å². The smallest absolute Gasteiger partial charge is 0.322 e. The van der Waals surface area contributed by atoms with Crippen LogP contribution in [0.3, 0.4) is 0 Å². The number of hydrogen-bond donors (Lipinski definition) is 1. The highest BCUT2D eigenvalue weighted by Gasteiger charge is 2.35. The van der Waals surface area contributed by atoms with Crippen LogP contribution in [0.25, 0.3) is 17.0 Å². The van der Waals surface area contributed by atoms with Crippen molar-refractivity contribution in [2.75, 3.05) is 13.7 Å².